The van der Waals surface area contributed by atoms with E-state index in [2.05, 4.69) is 0 Å². The summed E-state index contributed by atoms with van der Waals surface area (Å²) in [5, 5.41) is 0. The minimum Gasteiger partial charge on any atom is -0.497 e. The van der Waals surface area contributed by atoms with Crippen LogP contribution >= 0.6 is 0 Å². The van der Waals surface area contributed by atoms with E-state index in [1.165, 1.54) is 0 Å². The van der Waals surface area contributed by atoms with Gasteiger partial charge in [-0.25, -0.2) is 0 Å². The molecule has 0 N–H and O–H groups in total. The molecule has 2 aliphatic heterocycles. The standard InChI is InChI=1S/C23H28O7/c1-24-15-6-13(7-16(10-15)25-2)21-17-11-30-22(18(17)12-29-21)14-8-19(26-3)23(28-5)20(9-14)27-4/h6-10,17-18,21-22H,11-12H2,1-5H3/t17-,18-,21+,22-/m1/s1. The highest BCUT2D eigenvalue weighted by molar-refractivity contribution is 5.54. The van der Waals surface area contributed by atoms with Crippen molar-refractivity contribution in [2.75, 3.05) is 48.8 Å². The molecule has 162 valence electrons. The Balaban J connectivity index is 1.62. The second-order valence-electron chi connectivity index (χ2n) is 7.44. The molecule has 0 saturated carbocycles. The second kappa shape index (κ2) is 8.62. The Morgan fingerprint density at radius 1 is 0.600 bits per heavy atom. The Morgan fingerprint density at radius 3 is 1.47 bits per heavy atom. The summed E-state index contributed by atoms with van der Waals surface area (Å²) in [6.45, 7) is 1.21. The topological polar surface area (TPSA) is 64.6 Å². The first kappa shape index (κ1) is 20.6. The Kier molecular flexibility index (Phi) is 5.92. The lowest BCUT2D eigenvalue weighted by Gasteiger charge is -2.20. The smallest absolute Gasteiger partial charge is 0.203 e. The molecule has 4 atom stereocenters. The largest absolute Gasteiger partial charge is 0.497 e. The van der Waals surface area contributed by atoms with Gasteiger partial charge in [0.2, 0.25) is 5.75 Å². The molecule has 2 aromatic carbocycles. The fraction of sp³-hybridized carbons (Fsp3) is 0.478. The maximum absolute atomic E-state index is 6.25. The van der Waals surface area contributed by atoms with Gasteiger partial charge in [0.05, 0.1) is 61.0 Å². The highest BCUT2D eigenvalue weighted by Crippen LogP contribution is 2.52. The van der Waals surface area contributed by atoms with Crippen LogP contribution in [0.25, 0.3) is 0 Å². The van der Waals surface area contributed by atoms with E-state index >= 15 is 0 Å². The Labute approximate surface area is 176 Å². The van der Waals surface area contributed by atoms with Gasteiger partial charge in [-0.3, -0.25) is 0 Å². The van der Waals surface area contributed by atoms with Gasteiger partial charge in [0.15, 0.2) is 11.5 Å². The molecule has 0 spiro atoms. The molecule has 7 heteroatoms. The molecule has 2 heterocycles. The number of benzene rings is 2. The first-order chi connectivity index (χ1) is 14.6. The number of rotatable bonds is 7. The van der Waals surface area contributed by atoms with Gasteiger partial charge in [-0.2, -0.15) is 0 Å². The van der Waals surface area contributed by atoms with E-state index in [-0.39, 0.29) is 24.0 Å². The minimum absolute atomic E-state index is 0.0777. The molecule has 0 aliphatic carbocycles. The molecule has 0 radical (unpaired) electrons. The van der Waals surface area contributed by atoms with Gasteiger partial charge < -0.3 is 33.2 Å². The van der Waals surface area contributed by atoms with Crippen molar-refractivity contribution in [1.29, 1.82) is 0 Å². The Morgan fingerprint density at radius 2 is 1.07 bits per heavy atom. The van der Waals surface area contributed by atoms with Gasteiger partial charge in [-0.15, -0.1) is 0 Å². The average Bonchev–Trinajstić information content (AvgIpc) is 3.39. The van der Waals surface area contributed by atoms with E-state index in [0.29, 0.717) is 30.5 Å². The number of hydrogen-bond donors (Lipinski definition) is 0. The quantitative estimate of drug-likeness (QED) is 0.680. The van der Waals surface area contributed by atoms with E-state index in [4.69, 9.17) is 33.2 Å². The molecule has 30 heavy (non-hydrogen) atoms. The molecule has 0 bridgehead atoms. The summed E-state index contributed by atoms with van der Waals surface area (Å²) in [4.78, 5) is 0. The number of hydrogen-bond acceptors (Lipinski definition) is 7. The first-order valence-electron chi connectivity index (χ1n) is 9.89. The van der Waals surface area contributed by atoms with Crippen LogP contribution in [0.4, 0.5) is 0 Å². The van der Waals surface area contributed by atoms with Crippen LogP contribution in [0, 0.1) is 11.8 Å². The molecule has 2 fully saturated rings. The van der Waals surface area contributed by atoms with Crippen molar-refractivity contribution in [1.82, 2.24) is 0 Å². The van der Waals surface area contributed by atoms with Gasteiger partial charge in [-0.05, 0) is 35.4 Å². The zero-order valence-corrected chi connectivity index (χ0v) is 18.0. The summed E-state index contributed by atoms with van der Waals surface area (Å²) in [6, 6.07) is 9.77. The van der Waals surface area contributed by atoms with E-state index in [1.54, 1.807) is 35.5 Å². The molecule has 0 unspecified atom stereocenters. The maximum atomic E-state index is 6.25. The summed E-state index contributed by atoms with van der Waals surface area (Å²) >= 11 is 0. The molecule has 2 aliphatic rings. The Bertz CT molecular complexity index is 850. The van der Waals surface area contributed by atoms with Gasteiger partial charge >= 0.3 is 0 Å². The summed E-state index contributed by atoms with van der Waals surface area (Å²) in [5.74, 6) is 3.75. The highest BCUT2D eigenvalue weighted by atomic mass is 16.5. The number of methoxy groups -OCH3 is 5. The third-order valence-electron chi connectivity index (χ3n) is 5.98. The lowest BCUT2D eigenvalue weighted by Crippen LogP contribution is -2.15. The summed E-state index contributed by atoms with van der Waals surface area (Å²) in [5.41, 5.74) is 2.03. The molecule has 2 saturated heterocycles. The van der Waals surface area contributed by atoms with Crippen molar-refractivity contribution < 1.29 is 33.2 Å². The van der Waals surface area contributed by atoms with Crippen molar-refractivity contribution in [3.05, 3.63) is 41.5 Å². The summed E-state index contributed by atoms with van der Waals surface area (Å²) in [7, 11) is 8.13. The van der Waals surface area contributed by atoms with Crippen LogP contribution in [0.2, 0.25) is 0 Å². The van der Waals surface area contributed by atoms with Crippen LogP contribution in [0.15, 0.2) is 30.3 Å². The molecule has 2 aromatic rings. The SMILES string of the molecule is COc1cc(OC)cc([C@@H]2OC[C@@H]3[C@H]2CO[C@@H]3c2cc(OC)c(OC)c(OC)c2)c1. The van der Waals surface area contributed by atoms with E-state index in [1.807, 2.05) is 30.3 Å². The monoisotopic (exact) mass is 416 g/mol. The maximum Gasteiger partial charge on any atom is 0.203 e. The first-order valence-corrected chi connectivity index (χ1v) is 9.89. The second-order valence-corrected chi connectivity index (χ2v) is 7.44. The van der Waals surface area contributed by atoms with Crippen molar-refractivity contribution in [2.24, 2.45) is 11.8 Å². The van der Waals surface area contributed by atoms with Gasteiger partial charge in [0.1, 0.15) is 11.5 Å². The predicted octanol–water partition coefficient (Wildman–Crippen LogP) is 3.80. The minimum atomic E-state index is -0.110. The van der Waals surface area contributed by atoms with Gasteiger partial charge in [0, 0.05) is 17.9 Å². The fourth-order valence-corrected chi connectivity index (χ4v) is 4.49. The zero-order chi connectivity index (χ0) is 21.3. The highest BCUT2D eigenvalue weighted by Gasteiger charge is 2.48. The van der Waals surface area contributed by atoms with Crippen LogP contribution < -0.4 is 23.7 Å². The van der Waals surface area contributed by atoms with E-state index < -0.39 is 0 Å². The zero-order valence-electron chi connectivity index (χ0n) is 18.0. The lowest BCUT2D eigenvalue weighted by atomic mass is 9.84. The van der Waals surface area contributed by atoms with Gasteiger partial charge in [-0.1, -0.05) is 0 Å². The number of ether oxygens (including phenoxy) is 7. The summed E-state index contributed by atoms with van der Waals surface area (Å²) in [6.07, 6.45) is -0.188. The van der Waals surface area contributed by atoms with Crippen molar-refractivity contribution in [3.63, 3.8) is 0 Å². The third-order valence-corrected chi connectivity index (χ3v) is 5.98. The normalized spacial score (nSPS) is 25.0. The predicted molar refractivity (Wildman–Crippen MR) is 110 cm³/mol. The van der Waals surface area contributed by atoms with Crippen molar-refractivity contribution in [2.45, 2.75) is 12.2 Å². The van der Waals surface area contributed by atoms with Crippen molar-refractivity contribution >= 4 is 0 Å². The molecule has 0 aromatic heterocycles. The molecule has 4 rings (SSSR count). The lowest BCUT2D eigenvalue weighted by molar-refractivity contribution is 0.0190. The number of fused-ring (bicyclic) bond motifs is 1. The van der Waals surface area contributed by atoms with Crippen LogP contribution in [0.1, 0.15) is 23.3 Å². The van der Waals surface area contributed by atoms with Crippen molar-refractivity contribution in [3.8, 4) is 28.7 Å². The van der Waals surface area contributed by atoms with Crippen LogP contribution in [0.5, 0.6) is 28.7 Å². The van der Waals surface area contributed by atoms with Crippen LogP contribution in [-0.2, 0) is 9.47 Å². The Hall–Kier alpha value is -2.64. The molecule has 7 nitrogen and oxygen atoms in total. The average molecular weight is 416 g/mol. The fourth-order valence-electron chi connectivity index (χ4n) is 4.49. The molecular weight excluding hydrogens is 388 g/mol. The third kappa shape index (κ3) is 3.52. The molecule has 0 amide bonds. The van der Waals surface area contributed by atoms with Gasteiger partial charge in [0.25, 0.3) is 0 Å². The van der Waals surface area contributed by atoms with E-state index in [0.717, 1.165) is 22.6 Å². The van der Waals surface area contributed by atoms with E-state index in [9.17, 15) is 0 Å². The van der Waals surface area contributed by atoms with Crippen LogP contribution in [0.3, 0.4) is 0 Å². The molecular formula is C23H28O7. The summed E-state index contributed by atoms with van der Waals surface area (Å²) < 4.78 is 39.8. The van der Waals surface area contributed by atoms with Crippen LogP contribution in [-0.4, -0.2) is 48.8 Å².